The predicted molar refractivity (Wildman–Crippen MR) is 188 cm³/mol. The van der Waals surface area contributed by atoms with E-state index < -0.39 is 0 Å². The number of benzene rings is 6. The van der Waals surface area contributed by atoms with Crippen LogP contribution in [0.3, 0.4) is 0 Å². The fraction of sp³-hybridized carbons (Fsp3) is 0.100. The van der Waals surface area contributed by atoms with Gasteiger partial charge in [-0.1, -0.05) is 76.2 Å². The minimum absolute atomic E-state index is 0.751. The van der Waals surface area contributed by atoms with Gasteiger partial charge in [-0.3, -0.25) is 0 Å². The quantitative estimate of drug-likeness (QED) is 0.211. The van der Waals surface area contributed by atoms with E-state index in [0.29, 0.717) is 0 Å². The van der Waals surface area contributed by atoms with Gasteiger partial charge in [0.05, 0.1) is 45.5 Å². The third-order valence-electron chi connectivity index (χ3n) is 7.80. The van der Waals surface area contributed by atoms with Gasteiger partial charge in [-0.15, -0.1) is 0 Å². The Morgan fingerprint density at radius 1 is 0.370 bits per heavy atom. The summed E-state index contributed by atoms with van der Waals surface area (Å²) in [4.78, 5) is 4.43. The lowest BCUT2D eigenvalue weighted by atomic mass is 10.1. The Kier molecular flexibility index (Phi) is 7.69. The van der Waals surface area contributed by atoms with Crippen LogP contribution in [0.25, 0.3) is 0 Å². The molecule has 0 fully saturated rings. The molecule has 6 heteroatoms. The molecule has 6 aromatic rings. The van der Waals surface area contributed by atoms with E-state index in [1.54, 1.807) is 0 Å². The number of rotatable bonds is 2. The summed E-state index contributed by atoms with van der Waals surface area (Å²) in [6.07, 6.45) is 0. The van der Waals surface area contributed by atoms with Crippen LogP contribution >= 0.6 is 0 Å². The molecule has 0 atom stereocenters. The number of fused-ring (bicyclic) bond motifs is 6. The van der Waals surface area contributed by atoms with Gasteiger partial charge < -0.3 is 29.3 Å². The molecule has 3 aliphatic heterocycles. The summed E-state index contributed by atoms with van der Waals surface area (Å²) >= 11 is 0. The molecule has 9 rings (SSSR count). The molecule has 0 saturated carbocycles. The average molecular weight is 606 g/mol. The highest BCUT2D eigenvalue weighted by atomic mass is 16.5. The van der Waals surface area contributed by atoms with Gasteiger partial charge in [-0.2, -0.15) is 0 Å². The molecule has 0 spiro atoms. The fourth-order valence-electron chi connectivity index (χ4n) is 5.90. The predicted octanol–water partition coefficient (Wildman–Crippen LogP) is 12.7. The molecule has 0 bridgehead atoms. The van der Waals surface area contributed by atoms with E-state index in [1.807, 2.05) is 100 Å². The van der Waals surface area contributed by atoms with E-state index in [-0.39, 0.29) is 0 Å². The second kappa shape index (κ2) is 12.3. The summed E-state index contributed by atoms with van der Waals surface area (Å²) < 4.78 is 19.0. The Balaban J connectivity index is 0.000000815. The number of hydrogen-bond donors (Lipinski definition) is 1. The highest BCUT2D eigenvalue weighted by Crippen LogP contribution is 2.54. The SMILES string of the molecule is CC.CC.c1ccc2c(c1)Oc1ccccc1N2c1ccc2c(c1)Oc1cc(N3c4ccccc4Oc4ccccc43)ccc1N2. The van der Waals surface area contributed by atoms with Crippen molar-refractivity contribution < 1.29 is 14.2 Å². The van der Waals surface area contributed by atoms with Gasteiger partial charge in [0.1, 0.15) is 0 Å². The minimum atomic E-state index is 0.751. The first-order valence-corrected chi connectivity index (χ1v) is 15.9. The summed E-state index contributed by atoms with van der Waals surface area (Å²) in [5, 5.41) is 3.57. The van der Waals surface area contributed by atoms with E-state index in [1.165, 1.54) is 0 Å². The lowest BCUT2D eigenvalue weighted by molar-refractivity contribution is 0.475. The number of anilines is 8. The molecule has 0 saturated heterocycles. The molecule has 0 amide bonds. The summed E-state index contributed by atoms with van der Waals surface area (Å²) in [5.41, 5.74) is 7.70. The van der Waals surface area contributed by atoms with Crippen LogP contribution in [0.15, 0.2) is 133 Å². The minimum Gasteiger partial charge on any atom is -0.453 e. The first kappa shape index (κ1) is 28.9. The van der Waals surface area contributed by atoms with E-state index in [2.05, 4.69) is 75.8 Å². The Labute approximate surface area is 270 Å². The number of nitrogens with zero attached hydrogens (tertiary/aromatic N) is 2. The van der Waals surface area contributed by atoms with Crippen LogP contribution < -0.4 is 29.3 Å². The normalized spacial score (nSPS) is 12.5. The van der Waals surface area contributed by atoms with Gasteiger partial charge in [-0.25, -0.2) is 0 Å². The first-order chi connectivity index (χ1) is 22.8. The van der Waals surface area contributed by atoms with Crippen molar-refractivity contribution in [2.75, 3.05) is 15.1 Å². The third kappa shape index (κ3) is 4.85. The lowest BCUT2D eigenvalue weighted by Gasteiger charge is -2.34. The number of hydrogen-bond acceptors (Lipinski definition) is 6. The Morgan fingerprint density at radius 3 is 1.02 bits per heavy atom. The number of nitrogens with one attached hydrogen (secondary N) is 1. The maximum absolute atomic E-state index is 6.61. The molecule has 46 heavy (non-hydrogen) atoms. The number of ether oxygens (including phenoxy) is 3. The van der Waals surface area contributed by atoms with Crippen LogP contribution in [0, 0.1) is 0 Å². The van der Waals surface area contributed by atoms with Crippen molar-refractivity contribution in [3.05, 3.63) is 133 Å². The molecule has 6 nitrogen and oxygen atoms in total. The van der Waals surface area contributed by atoms with Crippen LogP contribution in [-0.4, -0.2) is 0 Å². The molecule has 3 aliphatic rings. The van der Waals surface area contributed by atoms with Crippen LogP contribution in [-0.2, 0) is 0 Å². The van der Waals surface area contributed by atoms with E-state index in [4.69, 9.17) is 14.2 Å². The van der Waals surface area contributed by atoms with Crippen LogP contribution in [0.5, 0.6) is 34.5 Å². The van der Waals surface area contributed by atoms with Gasteiger partial charge >= 0.3 is 0 Å². The molecule has 0 radical (unpaired) electrons. The topological polar surface area (TPSA) is 46.2 Å². The number of para-hydroxylation sites is 8. The Morgan fingerprint density at radius 2 is 0.674 bits per heavy atom. The maximum Gasteiger partial charge on any atom is 0.153 e. The van der Waals surface area contributed by atoms with Crippen LogP contribution in [0.4, 0.5) is 45.5 Å². The molecule has 228 valence electrons. The second-order valence-corrected chi connectivity index (χ2v) is 10.3. The maximum atomic E-state index is 6.61. The molecule has 0 aromatic heterocycles. The Hall–Kier alpha value is -5.88. The molecule has 1 N–H and O–H groups in total. The van der Waals surface area contributed by atoms with Crippen molar-refractivity contribution in [3.63, 3.8) is 0 Å². The lowest BCUT2D eigenvalue weighted by Crippen LogP contribution is -2.16. The zero-order chi connectivity index (χ0) is 31.6. The standard InChI is InChI=1S/C36H23N3O3.2C2H6/c1-5-13-31-27(9-1)38(28-10-2-6-14-32(28)40-31)23-17-19-25-35(21-23)42-36-22-24(18-20-26(36)37-25)39-29-11-3-7-15-33(29)41-34-16-8-4-12-30(34)39;2*1-2/h1-22,37H;2*1-2H3. The summed E-state index contributed by atoms with van der Waals surface area (Å²) in [6.45, 7) is 8.00. The summed E-state index contributed by atoms with van der Waals surface area (Å²) in [7, 11) is 0. The molecule has 3 heterocycles. The van der Waals surface area contributed by atoms with Gasteiger partial charge in [-0.05, 0) is 72.8 Å². The van der Waals surface area contributed by atoms with Gasteiger partial charge in [0.25, 0.3) is 0 Å². The van der Waals surface area contributed by atoms with Crippen LogP contribution in [0.1, 0.15) is 27.7 Å². The molecule has 0 unspecified atom stereocenters. The second-order valence-electron chi connectivity index (χ2n) is 10.3. The monoisotopic (exact) mass is 605 g/mol. The highest BCUT2D eigenvalue weighted by molar-refractivity contribution is 5.90. The molecule has 0 aliphatic carbocycles. The van der Waals surface area contributed by atoms with Crippen LogP contribution in [0.2, 0.25) is 0 Å². The average Bonchev–Trinajstić information content (AvgIpc) is 3.13. The van der Waals surface area contributed by atoms with Crippen molar-refractivity contribution >= 4 is 45.5 Å². The Bertz CT molecular complexity index is 1800. The van der Waals surface area contributed by atoms with Crippen molar-refractivity contribution in [1.29, 1.82) is 0 Å². The largest absolute Gasteiger partial charge is 0.453 e. The fourth-order valence-corrected chi connectivity index (χ4v) is 5.90. The van der Waals surface area contributed by atoms with E-state index in [0.717, 1.165) is 80.0 Å². The van der Waals surface area contributed by atoms with Crippen molar-refractivity contribution in [2.24, 2.45) is 0 Å². The van der Waals surface area contributed by atoms with Crippen molar-refractivity contribution in [1.82, 2.24) is 0 Å². The summed E-state index contributed by atoms with van der Waals surface area (Å²) in [5.74, 6) is 4.76. The van der Waals surface area contributed by atoms with E-state index in [9.17, 15) is 0 Å². The van der Waals surface area contributed by atoms with Crippen molar-refractivity contribution in [2.45, 2.75) is 27.7 Å². The van der Waals surface area contributed by atoms with Gasteiger partial charge in [0.2, 0.25) is 0 Å². The first-order valence-electron chi connectivity index (χ1n) is 15.9. The smallest absolute Gasteiger partial charge is 0.153 e. The molecular formula is C40H35N3O3. The van der Waals surface area contributed by atoms with Gasteiger partial charge in [0.15, 0.2) is 34.5 Å². The molecule has 6 aromatic carbocycles. The third-order valence-corrected chi connectivity index (χ3v) is 7.80. The van der Waals surface area contributed by atoms with Gasteiger partial charge in [0, 0.05) is 12.1 Å². The highest BCUT2D eigenvalue weighted by Gasteiger charge is 2.29. The molecular weight excluding hydrogens is 570 g/mol. The zero-order valence-corrected chi connectivity index (χ0v) is 26.3. The summed E-state index contributed by atoms with van der Waals surface area (Å²) in [6, 6.07) is 44.8. The van der Waals surface area contributed by atoms with Crippen molar-refractivity contribution in [3.8, 4) is 34.5 Å². The van der Waals surface area contributed by atoms with E-state index >= 15 is 0 Å². The zero-order valence-electron chi connectivity index (χ0n) is 26.3.